The molecule has 0 aromatic heterocycles. The van der Waals surface area contributed by atoms with E-state index in [1.54, 1.807) is 17.0 Å². The van der Waals surface area contributed by atoms with Crippen molar-refractivity contribution in [1.82, 2.24) is 5.32 Å². The van der Waals surface area contributed by atoms with Gasteiger partial charge in [0.05, 0.1) is 10.7 Å². The van der Waals surface area contributed by atoms with Gasteiger partial charge in [0.2, 0.25) is 11.8 Å². The lowest BCUT2D eigenvalue weighted by Crippen LogP contribution is -2.65. The minimum absolute atomic E-state index is 0.00722. The molecule has 5 heteroatoms. The van der Waals surface area contributed by atoms with E-state index >= 15 is 0 Å². The Hall–Kier alpha value is -1.55. The molecule has 0 saturated carbocycles. The standard InChI is InChI=1S/C16H21ClN2O2/c1-4-7-12-16(21)19(13-9-6-5-8-11(13)17)14(10(2)3)15(20)18-12/h5-6,8-10,12,14H,4,7H2,1-3H3,(H,18,20). The second-order valence-electron chi connectivity index (χ2n) is 5.70. The number of carbonyl (C=O) groups is 2. The van der Waals surface area contributed by atoms with E-state index in [4.69, 9.17) is 11.6 Å². The van der Waals surface area contributed by atoms with E-state index < -0.39 is 12.1 Å². The van der Waals surface area contributed by atoms with Gasteiger partial charge in [-0.2, -0.15) is 0 Å². The number of hydrogen-bond acceptors (Lipinski definition) is 2. The summed E-state index contributed by atoms with van der Waals surface area (Å²) in [4.78, 5) is 26.8. The van der Waals surface area contributed by atoms with Crippen LogP contribution in [0.3, 0.4) is 0 Å². The first-order chi connectivity index (χ1) is 9.97. The smallest absolute Gasteiger partial charge is 0.250 e. The first kappa shape index (κ1) is 15.8. The quantitative estimate of drug-likeness (QED) is 0.929. The number of amides is 2. The van der Waals surface area contributed by atoms with Crippen molar-refractivity contribution < 1.29 is 9.59 Å². The highest BCUT2D eigenvalue weighted by molar-refractivity contribution is 6.34. The van der Waals surface area contributed by atoms with E-state index in [1.165, 1.54) is 0 Å². The Labute approximate surface area is 130 Å². The Morgan fingerprint density at radius 1 is 1.29 bits per heavy atom. The SMILES string of the molecule is CCCC1NC(=O)C(C(C)C)N(c2ccccc2Cl)C1=O. The largest absolute Gasteiger partial charge is 0.342 e. The summed E-state index contributed by atoms with van der Waals surface area (Å²) in [5.41, 5.74) is 0.610. The van der Waals surface area contributed by atoms with E-state index in [0.717, 1.165) is 6.42 Å². The van der Waals surface area contributed by atoms with Gasteiger partial charge in [-0.15, -0.1) is 0 Å². The zero-order valence-corrected chi connectivity index (χ0v) is 13.4. The summed E-state index contributed by atoms with van der Waals surface area (Å²) < 4.78 is 0. The fraction of sp³-hybridized carbons (Fsp3) is 0.500. The number of nitrogens with zero attached hydrogens (tertiary/aromatic N) is 1. The zero-order chi connectivity index (χ0) is 15.6. The van der Waals surface area contributed by atoms with Crippen LogP contribution in [0.2, 0.25) is 5.02 Å². The molecule has 1 aliphatic heterocycles. The summed E-state index contributed by atoms with van der Waals surface area (Å²) >= 11 is 6.24. The topological polar surface area (TPSA) is 49.4 Å². The Balaban J connectivity index is 2.46. The molecule has 1 N–H and O–H groups in total. The highest BCUT2D eigenvalue weighted by Gasteiger charge is 2.42. The maximum absolute atomic E-state index is 12.8. The van der Waals surface area contributed by atoms with Gasteiger partial charge in [0.15, 0.2) is 0 Å². The molecule has 4 nitrogen and oxygen atoms in total. The van der Waals surface area contributed by atoms with Gasteiger partial charge < -0.3 is 5.32 Å². The van der Waals surface area contributed by atoms with Gasteiger partial charge in [0.1, 0.15) is 12.1 Å². The van der Waals surface area contributed by atoms with Crippen molar-refractivity contribution in [3.05, 3.63) is 29.3 Å². The Morgan fingerprint density at radius 2 is 1.95 bits per heavy atom. The average molecular weight is 309 g/mol. The normalized spacial score (nSPS) is 22.6. The van der Waals surface area contributed by atoms with Crippen LogP contribution in [0.1, 0.15) is 33.6 Å². The second-order valence-corrected chi connectivity index (χ2v) is 6.11. The van der Waals surface area contributed by atoms with Crippen LogP contribution in [0.4, 0.5) is 5.69 Å². The molecule has 114 valence electrons. The van der Waals surface area contributed by atoms with Crippen LogP contribution in [-0.4, -0.2) is 23.9 Å². The van der Waals surface area contributed by atoms with Crippen LogP contribution in [0.15, 0.2) is 24.3 Å². The van der Waals surface area contributed by atoms with Gasteiger partial charge in [-0.05, 0) is 24.5 Å². The number of anilines is 1. The predicted octanol–water partition coefficient (Wildman–Crippen LogP) is 3.00. The van der Waals surface area contributed by atoms with Gasteiger partial charge in [-0.25, -0.2) is 0 Å². The molecule has 21 heavy (non-hydrogen) atoms. The summed E-state index contributed by atoms with van der Waals surface area (Å²) in [6.07, 6.45) is 1.47. The molecule has 1 fully saturated rings. The third kappa shape index (κ3) is 3.05. The second kappa shape index (κ2) is 6.48. The number of benzene rings is 1. The molecule has 1 aliphatic rings. The van der Waals surface area contributed by atoms with E-state index in [9.17, 15) is 9.59 Å². The molecule has 0 aliphatic carbocycles. The van der Waals surface area contributed by atoms with Gasteiger partial charge in [0.25, 0.3) is 0 Å². The number of nitrogens with one attached hydrogen (secondary N) is 1. The van der Waals surface area contributed by atoms with Crippen LogP contribution in [0.25, 0.3) is 0 Å². The van der Waals surface area contributed by atoms with E-state index in [1.807, 2.05) is 32.9 Å². The number of para-hydroxylation sites is 1. The third-order valence-electron chi connectivity index (χ3n) is 3.72. The van der Waals surface area contributed by atoms with Gasteiger partial charge in [0, 0.05) is 0 Å². The minimum Gasteiger partial charge on any atom is -0.342 e. The molecular formula is C16H21ClN2O2. The van der Waals surface area contributed by atoms with Crippen LogP contribution in [-0.2, 0) is 9.59 Å². The molecule has 0 radical (unpaired) electrons. The molecule has 2 unspecified atom stereocenters. The first-order valence-electron chi connectivity index (χ1n) is 7.35. The van der Waals surface area contributed by atoms with Crippen molar-refractivity contribution >= 4 is 29.1 Å². The predicted molar refractivity (Wildman–Crippen MR) is 84.4 cm³/mol. The lowest BCUT2D eigenvalue weighted by molar-refractivity contribution is -0.135. The molecule has 2 atom stereocenters. The van der Waals surface area contributed by atoms with Gasteiger partial charge in [-0.1, -0.05) is 50.9 Å². The molecule has 1 heterocycles. The van der Waals surface area contributed by atoms with Gasteiger partial charge >= 0.3 is 0 Å². The maximum Gasteiger partial charge on any atom is 0.250 e. The number of piperazine rings is 1. The average Bonchev–Trinajstić information content (AvgIpc) is 2.43. The molecule has 1 aromatic rings. The summed E-state index contributed by atoms with van der Waals surface area (Å²) in [6.45, 7) is 5.86. The summed E-state index contributed by atoms with van der Waals surface area (Å²) in [6, 6.07) is 6.18. The number of carbonyl (C=O) groups excluding carboxylic acids is 2. The van der Waals surface area contributed by atoms with Crippen LogP contribution < -0.4 is 10.2 Å². The molecule has 0 spiro atoms. The summed E-state index contributed by atoms with van der Waals surface area (Å²) in [7, 11) is 0. The Bertz CT molecular complexity index is 545. The summed E-state index contributed by atoms with van der Waals surface area (Å²) in [5, 5.41) is 3.33. The Morgan fingerprint density at radius 3 is 2.52 bits per heavy atom. The number of halogens is 1. The van der Waals surface area contributed by atoms with Crippen molar-refractivity contribution in [2.75, 3.05) is 4.90 Å². The molecular weight excluding hydrogens is 288 g/mol. The van der Waals surface area contributed by atoms with Crippen molar-refractivity contribution in [2.24, 2.45) is 5.92 Å². The van der Waals surface area contributed by atoms with Gasteiger partial charge in [-0.3, -0.25) is 14.5 Å². The molecule has 2 rings (SSSR count). The van der Waals surface area contributed by atoms with Crippen LogP contribution in [0, 0.1) is 5.92 Å². The molecule has 1 aromatic carbocycles. The van der Waals surface area contributed by atoms with Crippen molar-refractivity contribution in [1.29, 1.82) is 0 Å². The van der Waals surface area contributed by atoms with Crippen LogP contribution in [0.5, 0.6) is 0 Å². The maximum atomic E-state index is 12.8. The monoisotopic (exact) mass is 308 g/mol. The van der Waals surface area contributed by atoms with E-state index in [0.29, 0.717) is 17.1 Å². The van der Waals surface area contributed by atoms with E-state index in [2.05, 4.69) is 5.32 Å². The van der Waals surface area contributed by atoms with Crippen molar-refractivity contribution in [3.8, 4) is 0 Å². The third-order valence-corrected chi connectivity index (χ3v) is 4.04. The van der Waals surface area contributed by atoms with Crippen molar-refractivity contribution in [2.45, 2.75) is 45.7 Å². The molecule has 2 amide bonds. The molecule has 1 saturated heterocycles. The highest BCUT2D eigenvalue weighted by atomic mass is 35.5. The highest BCUT2D eigenvalue weighted by Crippen LogP contribution is 2.31. The lowest BCUT2D eigenvalue weighted by atomic mass is 9.95. The molecule has 0 bridgehead atoms. The number of hydrogen-bond donors (Lipinski definition) is 1. The van der Waals surface area contributed by atoms with Crippen LogP contribution >= 0.6 is 11.6 Å². The van der Waals surface area contributed by atoms with E-state index in [-0.39, 0.29) is 17.7 Å². The summed E-state index contributed by atoms with van der Waals surface area (Å²) in [5.74, 6) is -0.181. The van der Waals surface area contributed by atoms with Crippen molar-refractivity contribution in [3.63, 3.8) is 0 Å². The zero-order valence-electron chi connectivity index (χ0n) is 12.6. The first-order valence-corrected chi connectivity index (χ1v) is 7.73. The fourth-order valence-electron chi connectivity index (χ4n) is 2.74. The lowest BCUT2D eigenvalue weighted by Gasteiger charge is -2.41. The minimum atomic E-state index is -0.523. The fourth-order valence-corrected chi connectivity index (χ4v) is 2.97. The Kier molecular flexibility index (Phi) is 4.88. The number of rotatable bonds is 4.